The number of imide groups is 1. The minimum atomic E-state index is -0.581. The Balaban J connectivity index is 1.57. The van der Waals surface area contributed by atoms with Gasteiger partial charge < -0.3 is 4.42 Å². The van der Waals surface area contributed by atoms with Crippen molar-refractivity contribution in [3.63, 3.8) is 0 Å². The number of nitrogens with zero attached hydrogens (tertiary/aromatic N) is 1. The van der Waals surface area contributed by atoms with E-state index < -0.39 is 5.91 Å². The highest BCUT2D eigenvalue weighted by atomic mass is 16.4. The van der Waals surface area contributed by atoms with Crippen molar-refractivity contribution in [1.29, 1.82) is 0 Å². The fourth-order valence-electron chi connectivity index (χ4n) is 2.25. The van der Waals surface area contributed by atoms with Gasteiger partial charge in [0.2, 0.25) is 17.6 Å². The van der Waals surface area contributed by atoms with E-state index in [0.717, 1.165) is 11.1 Å². The average molecular weight is 320 g/mol. The molecule has 0 saturated heterocycles. The van der Waals surface area contributed by atoms with Gasteiger partial charge in [0, 0.05) is 12.0 Å². The van der Waals surface area contributed by atoms with Crippen LogP contribution in [0.4, 0.5) is 0 Å². The predicted molar refractivity (Wildman–Crippen MR) is 89.2 cm³/mol. The van der Waals surface area contributed by atoms with Crippen molar-refractivity contribution in [1.82, 2.24) is 10.3 Å². The molecule has 3 aromatic rings. The Hall–Kier alpha value is -3.21. The minimum Gasteiger partial charge on any atom is -0.431 e. The lowest BCUT2D eigenvalue weighted by Crippen LogP contribution is -2.30. The van der Waals surface area contributed by atoms with Gasteiger partial charge in [-0.15, -0.1) is 0 Å². The average Bonchev–Trinajstić information content (AvgIpc) is 3.12. The topological polar surface area (TPSA) is 72.2 Å². The molecule has 1 aromatic heterocycles. The monoisotopic (exact) mass is 320 g/mol. The van der Waals surface area contributed by atoms with Crippen molar-refractivity contribution < 1.29 is 14.0 Å². The first-order valence-electron chi connectivity index (χ1n) is 7.62. The molecule has 0 spiro atoms. The minimum absolute atomic E-state index is 0.0157. The number of benzene rings is 2. The van der Waals surface area contributed by atoms with Crippen LogP contribution in [0.2, 0.25) is 0 Å². The molecule has 0 aliphatic rings. The van der Waals surface area contributed by atoms with Gasteiger partial charge in [0.15, 0.2) is 0 Å². The summed E-state index contributed by atoms with van der Waals surface area (Å²) >= 11 is 0. The van der Waals surface area contributed by atoms with Gasteiger partial charge in [-0.3, -0.25) is 14.9 Å². The van der Waals surface area contributed by atoms with Crippen LogP contribution in [0.1, 0.15) is 22.5 Å². The third-order valence-electron chi connectivity index (χ3n) is 3.49. The molecule has 0 fully saturated rings. The lowest BCUT2D eigenvalue weighted by atomic mass is 10.1. The second kappa shape index (κ2) is 7.37. The smallest absolute Gasteiger partial charge is 0.295 e. The molecule has 5 heteroatoms. The highest BCUT2D eigenvalue weighted by molar-refractivity contribution is 6.03. The first kappa shape index (κ1) is 15.7. The predicted octanol–water partition coefficient (Wildman–Crippen LogP) is 3.23. The Bertz CT molecular complexity index is 826. The summed E-state index contributed by atoms with van der Waals surface area (Å²) in [4.78, 5) is 28.0. The Morgan fingerprint density at radius 2 is 1.62 bits per heavy atom. The fraction of sp³-hybridized carbons (Fsp3) is 0.105. The van der Waals surface area contributed by atoms with Crippen LogP contribution in [-0.2, 0) is 11.2 Å². The number of amides is 2. The number of aryl methyl sites for hydroxylation is 1. The zero-order valence-electron chi connectivity index (χ0n) is 12.9. The van der Waals surface area contributed by atoms with E-state index in [0.29, 0.717) is 12.3 Å². The maximum atomic E-state index is 12.0. The van der Waals surface area contributed by atoms with Gasteiger partial charge in [-0.2, -0.15) is 0 Å². The van der Waals surface area contributed by atoms with Crippen molar-refractivity contribution in [3.05, 3.63) is 78.2 Å². The Labute approximate surface area is 139 Å². The van der Waals surface area contributed by atoms with E-state index in [4.69, 9.17) is 4.42 Å². The lowest BCUT2D eigenvalue weighted by Gasteiger charge is -2.02. The molecule has 2 aromatic carbocycles. The van der Waals surface area contributed by atoms with E-state index in [1.54, 1.807) is 0 Å². The highest BCUT2D eigenvalue weighted by Crippen LogP contribution is 2.18. The molecule has 0 bridgehead atoms. The fourth-order valence-corrected chi connectivity index (χ4v) is 2.25. The summed E-state index contributed by atoms with van der Waals surface area (Å²) in [6.45, 7) is 0. The van der Waals surface area contributed by atoms with E-state index in [9.17, 15) is 9.59 Å². The maximum absolute atomic E-state index is 12.0. The maximum Gasteiger partial charge on any atom is 0.295 e. The summed E-state index contributed by atoms with van der Waals surface area (Å²) < 4.78 is 5.42. The summed E-state index contributed by atoms with van der Waals surface area (Å²) in [6, 6.07) is 18.9. The molecule has 1 heterocycles. The van der Waals surface area contributed by atoms with Crippen molar-refractivity contribution in [2.75, 3.05) is 0 Å². The normalized spacial score (nSPS) is 10.3. The lowest BCUT2D eigenvalue weighted by molar-refractivity contribution is -0.120. The van der Waals surface area contributed by atoms with Gasteiger partial charge in [-0.25, -0.2) is 4.98 Å². The summed E-state index contributed by atoms with van der Waals surface area (Å²) in [6.07, 6.45) is 2.13. The van der Waals surface area contributed by atoms with Crippen LogP contribution < -0.4 is 5.32 Å². The molecule has 1 N–H and O–H groups in total. The number of oxazole rings is 1. The molecule has 0 aliphatic carbocycles. The molecule has 0 radical (unpaired) electrons. The Kier molecular flexibility index (Phi) is 4.81. The van der Waals surface area contributed by atoms with Crippen LogP contribution >= 0.6 is 0 Å². The van der Waals surface area contributed by atoms with E-state index >= 15 is 0 Å². The number of rotatable bonds is 5. The van der Waals surface area contributed by atoms with E-state index in [1.807, 2.05) is 60.7 Å². The van der Waals surface area contributed by atoms with Gasteiger partial charge in [0.05, 0.1) is 6.20 Å². The van der Waals surface area contributed by atoms with E-state index in [2.05, 4.69) is 10.3 Å². The summed E-state index contributed by atoms with van der Waals surface area (Å²) in [5.74, 6) is -0.566. The summed E-state index contributed by atoms with van der Waals surface area (Å²) in [7, 11) is 0. The standard InChI is InChI=1S/C19H16N2O3/c22-17(12-11-14-7-3-1-4-8-14)21-18(23)16-13-20-19(24-16)15-9-5-2-6-10-15/h1-10,13H,11-12H2,(H,21,22,23). The third kappa shape index (κ3) is 3.95. The largest absolute Gasteiger partial charge is 0.431 e. The SMILES string of the molecule is O=C(CCc1ccccc1)NC(=O)c1cnc(-c2ccccc2)o1. The second-order valence-corrected chi connectivity index (χ2v) is 5.26. The molecular formula is C19H16N2O3. The van der Waals surface area contributed by atoms with Crippen molar-refractivity contribution in [2.45, 2.75) is 12.8 Å². The third-order valence-corrected chi connectivity index (χ3v) is 3.49. The number of hydrogen-bond donors (Lipinski definition) is 1. The van der Waals surface area contributed by atoms with Crippen LogP contribution in [0, 0.1) is 0 Å². The van der Waals surface area contributed by atoms with Crippen LogP contribution in [-0.4, -0.2) is 16.8 Å². The van der Waals surface area contributed by atoms with Crippen LogP contribution in [0.15, 0.2) is 71.3 Å². The van der Waals surface area contributed by atoms with Gasteiger partial charge in [-0.1, -0.05) is 48.5 Å². The van der Waals surface area contributed by atoms with Gasteiger partial charge in [0.25, 0.3) is 5.91 Å². The number of aromatic nitrogens is 1. The van der Waals surface area contributed by atoms with Crippen molar-refractivity contribution in [3.8, 4) is 11.5 Å². The van der Waals surface area contributed by atoms with Crippen LogP contribution in [0.5, 0.6) is 0 Å². The molecule has 0 atom stereocenters. The summed E-state index contributed by atoms with van der Waals surface area (Å²) in [5, 5.41) is 2.32. The number of hydrogen-bond acceptors (Lipinski definition) is 4. The molecule has 0 saturated carbocycles. The molecular weight excluding hydrogens is 304 g/mol. The van der Waals surface area contributed by atoms with Gasteiger partial charge in [-0.05, 0) is 24.1 Å². The first-order valence-corrected chi connectivity index (χ1v) is 7.62. The quantitative estimate of drug-likeness (QED) is 0.783. The van der Waals surface area contributed by atoms with Crippen molar-refractivity contribution in [2.24, 2.45) is 0 Å². The van der Waals surface area contributed by atoms with Gasteiger partial charge >= 0.3 is 0 Å². The molecule has 0 unspecified atom stereocenters. The molecule has 5 nitrogen and oxygen atoms in total. The molecule has 24 heavy (non-hydrogen) atoms. The molecule has 3 rings (SSSR count). The van der Waals surface area contributed by atoms with Crippen molar-refractivity contribution >= 4 is 11.8 Å². The second-order valence-electron chi connectivity index (χ2n) is 5.26. The molecule has 0 aliphatic heterocycles. The number of nitrogens with one attached hydrogen (secondary N) is 1. The Morgan fingerprint density at radius 3 is 2.33 bits per heavy atom. The first-order chi connectivity index (χ1) is 11.7. The number of carbonyl (C=O) groups is 2. The van der Waals surface area contributed by atoms with E-state index in [1.165, 1.54) is 6.20 Å². The van der Waals surface area contributed by atoms with Crippen LogP contribution in [0.25, 0.3) is 11.5 Å². The Morgan fingerprint density at radius 1 is 0.958 bits per heavy atom. The number of carbonyl (C=O) groups excluding carboxylic acids is 2. The van der Waals surface area contributed by atoms with E-state index in [-0.39, 0.29) is 18.1 Å². The van der Waals surface area contributed by atoms with Crippen LogP contribution in [0.3, 0.4) is 0 Å². The molecule has 120 valence electrons. The zero-order valence-corrected chi connectivity index (χ0v) is 12.9. The zero-order chi connectivity index (χ0) is 16.8. The molecule has 2 amide bonds. The summed E-state index contributed by atoms with van der Waals surface area (Å²) in [5.41, 5.74) is 1.82. The van der Waals surface area contributed by atoms with Gasteiger partial charge in [0.1, 0.15) is 0 Å². The highest BCUT2D eigenvalue weighted by Gasteiger charge is 2.16.